The molecule has 2 atom stereocenters. The Kier molecular flexibility index (Phi) is 6.43. The maximum absolute atomic E-state index is 12.5. The van der Waals surface area contributed by atoms with Crippen molar-refractivity contribution in [2.75, 3.05) is 11.1 Å². The molecule has 5 N–H and O–H groups in total. The quantitative estimate of drug-likeness (QED) is 0.608. The first-order valence-corrected chi connectivity index (χ1v) is 8.65. The molecule has 0 aliphatic carbocycles. The van der Waals surface area contributed by atoms with Crippen LogP contribution < -0.4 is 16.8 Å². The second kappa shape index (κ2) is 8.33. The number of nitrogens with two attached hydrogens (primary N) is 2. The van der Waals surface area contributed by atoms with E-state index in [9.17, 15) is 4.79 Å². The molecule has 0 heterocycles. The third-order valence-electron chi connectivity index (χ3n) is 4.22. The second-order valence-electron chi connectivity index (χ2n) is 6.11. The van der Waals surface area contributed by atoms with E-state index >= 15 is 0 Å². The molecular formula is C19H25N3OS. The predicted molar refractivity (Wildman–Crippen MR) is 104 cm³/mol. The zero-order valence-electron chi connectivity index (χ0n) is 14.1. The Balaban J connectivity index is 2.15. The van der Waals surface area contributed by atoms with E-state index in [1.54, 1.807) is 6.07 Å². The lowest BCUT2D eigenvalue weighted by Crippen LogP contribution is -2.27. The van der Waals surface area contributed by atoms with Gasteiger partial charge >= 0.3 is 0 Å². The lowest BCUT2D eigenvalue weighted by molar-refractivity contribution is 0.102. The molecule has 2 unspecified atom stereocenters. The Morgan fingerprint density at radius 3 is 2.58 bits per heavy atom. The SMILES string of the molecule is Cc1cccc(NC(=O)c2cccc(C(N)CC(N)CS)c2)c1C. The Morgan fingerprint density at radius 1 is 1.17 bits per heavy atom. The smallest absolute Gasteiger partial charge is 0.255 e. The molecular weight excluding hydrogens is 318 g/mol. The van der Waals surface area contributed by atoms with Crippen LogP contribution in [0.25, 0.3) is 0 Å². The van der Waals surface area contributed by atoms with Crippen LogP contribution >= 0.6 is 12.6 Å². The molecule has 4 nitrogen and oxygen atoms in total. The lowest BCUT2D eigenvalue weighted by Gasteiger charge is -2.17. The first-order chi connectivity index (χ1) is 11.4. The van der Waals surface area contributed by atoms with Crippen molar-refractivity contribution in [2.45, 2.75) is 32.4 Å². The third-order valence-corrected chi connectivity index (χ3v) is 4.69. The summed E-state index contributed by atoms with van der Waals surface area (Å²) in [7, 11) is 0. The summed E-state index contributed by atoms with van der Waals surface area (Å²) in [5, 5.41) is 2.97. The number of carbonyl (C=O) groups excluding carboxylic acids is 1. The number of carbonyl (C=O) groups is 1. The normalized spacial score (nSPS) is 13.4. The minimum atomic E-state index is -0.208. The van der Waals surface area contributed by atoms with Crippen molar-refractivity contribution in [3.8, 4) is 0 Å². The van der Waals surface area contributed by atoms with Crippen LogP contribution in [0.5, 0.6) is 0 Å². The molecule has 2 aromatic carbocycles. The number of hydrogen-bond acceptors (Lipinski definition) is 4. The van der Waals surface area contributed by atoms with E-state index in [0.29, 0.717) is 17.7 Å². The lowest BCUT2D eigenvalue weighted by atomic mass is 9.99. The summed E-state index contributed by atoms with van der Waals surface area (Å²) in [6.45, 7) is 4.02. The number of rotatable bonds is 6. The predicted octanol–water partition coefficient (Wildman–Crippen LogP) is 3.20. The molecule has 0 aliphatic rings. The van der Waals surface area contributed by atoms with Crippen LogP contribution in [-0.2, 0) is 0 Å². The van der Waals surface area contributed by atoms with Gasteiger partial charge in [0.1, 0.15) is 0 Å². The van der Waals surface area contributed by atoms with Crippen LogP contribution in [-0.4, -0.2) is 17.7 Å². The molecule has 128 valence electrons. The standard InChI is InChI=1S/C19H25N3OS/c1-12-5-3-8-18(13(12)2)22-19(23)15-7-4-6-14(9-15)17(21)10-16(20)11-24/h3-9,16-17,24H,10-11,20-21H2,1-2H3,(H,22,23). The molecule has 0 spiro atoms. The number of amides is 1. The fraction of sp³-hybridized carbons (Fsp3) is 0.316. The van der Waals surface area contributed by atoms with E-state index in [4.69, 9.17) is 11.5 Å². The monoisotopic (exact) mass is 343 g/mol. The maximum atomic E-state index is 12.5. The Bertz CT molecular complexity index is 718. The molecule has 0 aromatic heterocycles. The van der Waals surface area contributed by atoms with Crippen LogP contribution in [0.4, 0.5) is 5.69 Å². The number of hydrogen-bond donors (Lipinski definition) is 4. The van der Waals surface area contributed by atoms with Gasteiger partial charge in [-0.3, -0.25) is 4.79 Å². The van der Waals surface area contributed by atoms with Gasteiger partial charge in [-0.05, 0) is 55.2 Å². The molecule has 0 saturated carbocycles. The van der Waals surface area contributed by atoms with Crippen LogP contribution in [0.1, 0.15) is 39.5 Å². The average Bonchev–Trinajstić information content (AvgIpc) is 2.58. The Hall–Kier alpha value is -1.82. The number of benzene rings is 2. The zero-order chi connectivity index (χ0) is 17.7. The highest BCUT2D eigenvalue weighted by atomic mass is 32.1. The largest absolute Gasteiger partial charge is 0.327 e. The molecule has 0 bridgehead atoms. The summed E-state index contributed by atoms with van der Waals surface area (Å²) in [6, 6.07) is 13.0. The van der Waals surface area contributed by atoms with Crippen molar-refractivity contribution >= 4 is 24.2 Å². The third kappa shape index (κ3) is 4.60. The van der Waals surface area contributed by atoms with Crippen molar-refractivity contribution in [2.24, 2.45) is 11.5 Å². The molecule has 0 aliphatic heterocycles. The van der Waals surface area contributed by atoms with E-state index < -0.39 is 0 Å². The number of aryl methyl sites for hydroxylation is 1. The first-order valence-electron chi connectivity index (χ1n) is 8.02. The maximum Gasteiger partial charge on any atom is 0.255 e. The molecule has 0 saturated heterocycles. The Labute approximate surface area is 149 Å². The van der Waals surface area contributed by atoms with E-state index in [0.717, 1.165) is 22.4 Å². The van der Waals surface area contributed by atoms with Crippen LogP contribution in [0.3, 0.4) is 0 Å². The minimum Gasteiger partial charge on any atom is -0.327 e. The zero-order valence-corrected chi connectivity index (χ0v) is 15.0. The van der Waals surface area contributed by atoms with E-state index in [2.05, 4.69) is 17.9 Å². The molecule has 1 amide bonds. The van der Waals surface area contributed by atoms with Gasteiger partial charge in [0.25, 0.3) is 5.91 Å². The molecule has 24 heavy (non-hydrogen) atoms. The number of anilines is 1. The summed E-state index contributed by atoms with van der Waals surface area (Å²) in [4.78, 5) is 12.5. The summed E-state index contributed by atoms with van der Waals surface area (Å²) < 4.78 is 0. The topological polar surface area (TPSA) is 81.1 Å². The summed E-state index contributed by atoms with van der Waals surface area (Å²) in [6.07, 6.45) is 0.631. The number of thiol groups is 1. The van der Waals surface area contributed by atoms with Gasteiger partial charge in [-0.1, -0.05) is 24.3 Å². The van der Waals surface area contributed by atoms with Gasteiger partial charge in [0.05, 0.1) is 0 Å². The fourth-order valence-corrected chi connectivity index (χ4v) is 2.68. The highest BCUT2D eigenvalue weighted by Gasteiger charge is 2.14. The van der Waals surface area contributed by atoms with Gasteiger partial charge in [-0.15, -0.1) is 0 Å². The van der Waals surface area contributed by atoms with Gasteiger partial charge in [-0.2, -0.15) is 12.6 Å². The molecule has 2 rings (SSSR count). The van der Waals surface area contributed by atoms with E-state index in [1.165, 1.54) is 0 Å². The average molecular weight is 343 g/mol. The fourth-order valence-electron chi connectivity index (χ4n) is 2.53. The van der Waals surface area contributed by atoms with Gasteiger partial charge in [0.15, 0.2) is 0 Å². The summed E-state index contributed by atoms with van der Waals surface area (Å²) >= 11 is 4.18. The Morgan fingerprint density at radius 2 is 1.88 bits per heavy atom. The highest BCUT2D eigenvalue weighted by Crippen LogP contribution is 2.21. The molecule has 2 aromatic rings. The van der Waals surface area contributed by atoms with Crippen LogP contribution in [0, 0.1) is 13.8 Å². The van der Waals surface area contributed by atoms with Crippen molar-refractivity contribution in [3.63, 3.8) is 0 Å². The number of nitrogens with one attached hydrogen (secondary N) is 1. The van der Waals surface area contributed by atoms with Crippen molar-refractivity contribution in [1.82, 2.24) is 0 Å². The van der Waals surface area contributed by atoms with E-state index in [1.807, 2.05) is 50.2 Å². The summed E-state index contributed by atoms with van der Waals surface area (Å²) in [5.74, 6) is 0.441. The molecule has 0 radical (unpaired) electrons. The minimum absolute atomic E-state index is 0.0595. The molecule has 5 heteroatoms. The van der Waals surface area contributed by atoms with Gasteiger partial charge < -0.3 is 16.8 Å². The first kappa shape index (κ1) is 18.5. The van der Waals surface area contributed by atoms with Gasteiger partial charge in [0, 0.05) is 29.1 Å². The van der Waals surface area contributed by atoms with Crippen LogP contribution in [0.2, 0.25) is 0 Å². The van der Waals surface area contributed by atoms with Crippen molar-refractivity contribution in [1.29, 1.82) is 0 Å². The van der Waals surface area contributed by atoms with Gasteiger partial charge in [-0.25, -0.2) is 0 Å². The highest BCUT2D eigenvalue weighted by molar-refractivity contribution is 7.80. The molecule has 0 fully saturated rings. The van der Waals surface area contributed by atoms with Crippen molar-refractivity contribution < 1.29 is 4.79 Å². The second-order valence-corrected chi connectivity index (χ2v) is 6.48. The van der Waals surface area contributed by atoms with Crippen LogP contribution in [0.15, 0.2) is 42.5 Å². The van der Waals surface area contributed by atoms with Gasteiger partial charge in [0.2, 0.25) is 0 Å². The van der Waals surface area contributed by atoms with Crippen molar-refractivity contribution in [3.05, 3.63) is 64.7 Å². The van der Waals surface area contributed by atoms with E-state index in [-0.39, 0.29) is 18.0 Å². The summed E-state index contributed by atoms with van der Waals surface area (Å²) in [5.41, 5.74) is 16.6.